The van der Waals surface area contributed by atoms with Gasteiger partial charge in [0, 0.05) is 0 Å². The lowest BCUT2D eigenvalue weighted by Crippen LogP contribution is -2.20. The van der Waals surface area contributed by atoms with Crippen LogP contribution in [0.4, 0.5) is 16.2 Å². The maximum atomic E-state index is 11.8. The van der Waals surface area contributed by atoms with Crippen molar-refractivity contribution in [2.24, 2.45) is 0 Å². The molecule has 0 saturated carbocycles. The molecule has 21 heavy (non-hydrogen) atoms. The van der Waals surface area contributed by atoms with Crippen LogP contribution in [0.2, 0.25) is 10.0 Å². The van der Waals surface area contributed by atoms with Gasteiger partial charge in [-0.05, 0) is 12.1 Å². The SMILES string of the molecule is O=C(Nc1cncnc1)Nc1c(Cl)cc(C(=O)O)cc1Cl. The summed E-state index contributed by atoms with van der Waals surface area (Å²) in [5, 5.41) is 13.8. The number of carbonyl (C=O) groups is 2. The van der Waals surface area contributed by atoms with Gasteiger partial charge in [-0.15, -0.1) is 0 Å². The number of hydrogen-bond acceptors (Lipinski definition) is 4. The Morgan fingerprint density at radius 2 is 1.62 bits per heavy atom. The third-order valence-electron chi connectivity index (χ3n) is 2.35. The highest BCUT2D eigenvalue weighted by atomic mass is 35.5. The number of aromatic nitrogens is 2. The van der Waals surface area contributed by atoms with Crippen LogP contribution in [0.15, 0.2) is 30.9 Å². The van der Waals surface area contributed by atoms with E-state index in [1.807, 2.05) is 0 Å². The molecule has 9 heteroatoms. The number of rotatable bonds is 3. The van der Waals surface area contributed by atoms with E-state index in [-0.39, 0.29) is 21.3 Å². The summed E-state index contributed by atoms with van der Waals surface area (Å²) >= 11 is 11.8. The van der Waals surface area contributed by atoms with Crippen molar-refractivity contribution in [3.63, 3.8) is 0 Å². The smallest absolute Gasteiger partial charge is 0.335 e. The molecule has 108 valence electrons. The highest BCUT2D eigenvalue weighted by Gasteiger charge is 2.14. The van der Waals surface area contributed by atoms with Gasteiger partial charge in [0.2, 0.25) is 0 Å². The molecule has 2 aromatic rings. The van der Waals surface area contributed by atoms with Gasteiger partial charge >= 0.3 is 12.0 Å². The fraction of sp³-hybridized carbons (Fsp3) is 0. The number of nitrogens with one attached hydrogen (secondary N) is 2. The van der Waals surface area contributed by atoms with Gasteiger partial charge in [0.15, 0.2) is 0 Å². The number of carbonyl (C=O) groups excluding carboxylic acids is 1. The van der Waals surface area contributed by atoms with Crippen molar-refractivity contribution in [2.75, 3.05) is 10.6 Å². The molecule has 0 radical (unpaired) electrons. The van der Waals surface area contributed by atoms with Gasteiger partial charge in [-0.25, -0.2) is 19.6 Å². The fourth-order valence-corrected chi connectivity index (χ4v) is 2.04. The van der Waals surface area contributed by atoms with E-state index in [4.69, 9.17) is 28.3 Å². The number of amides is 2. The number of carboxylic acids is 1. The minimum Gasteiger partial charge on any atom is -0.478 e. The van der Waals surface area contributed by atoms with Crippen LogP contribution >= 0.6 is 23.2 Å². The quantitative estimate of drug-likeness (QED) is 0.803. The second-order valence-corrected chi connectivity index (χ2v) is 4.64. The highest BCUT2D eigenvalue weighted by Crippen LogP contribution is 2.32. The summed E-state index contributed by atoms with van der Waals surface area (Å²) in [4.78, 5) is 30.1. The molecule has 0 spiro atoms. The number of urea groups is 1. The average molecular weight is 327 g/mol. The fourth-order valence-electron chi connectivity index (χ4n) is 1.46. The molecule has 0 saturated heterocycles. The molecule has 0 unspecified atom stereocenters. The maximum Gasteiger partial charge on any atom is 0.335 e. The van der Waals surface area contributed by atoms with Crippen LogP contribution in [0, 0.1) is 0 Å². The largest absolute Gasteiger partial charge is 0.478 e. The minimum absolute atomic E-state index is 0.0133. The van der Waals surface area contributed by atoms with Gasteiger partial charge in [0.1, 0.15) is 6.33 Å². The summed E-state index contributed by atoms with van der Waals surface area (Å²) < 4.78 is 0. The van der Waals surface area contributed by atoms with E-state index in [1.54, 1.807) is 0 Å². The second kappa shape index (κ2) is 6.38. The van der Waals surface area contributed by atoms with Crippen molar-refractivity contribution >= 4 is 46.6 Å². The Hall–Kier alpha value is -2.38. The number of carboxylic acid groups (broad SMARTS) is 1. The molecule has 1 heterocycles. The first-order valence-electron chi connectivity index (χ1n) is 5.52. The molecule has 2 rings (SSSR count). The lowest BCUT2D eigenvalue weighted by atomic mass is 10.2. The normalized spacial score (nSPS) is 10.0. The van der Waals surface area contributed by atoms with E-state index in [9.17, 15) is 9.59 Å². The van der Waals surface area contributed by atoms with Gasteiger partial charge in [-0.3, -0.25) is 0 Å². The van der Waals surface area contributed by atoms with E-state index in [2.05, 4.69) is 20.6 Å². The first-order chi connectivity index (χ1) is 9.97. The van der Waals surface area contributed by atoms with Crippen LogP contribution in [0.3, 0.4) is 0 Å². The lowest BCUT2D eigenvalue weighted by Gasteiger charge is -2.11. The first kappa shape index (κ1) is 15.0. The summed E-state index contributed by atoms with van der Waals surface area (Å²) in [6.45, 7) is 0. The van der Waals surface area contributed by atoms with Gasteiger partial charge in [0.05, 0.1) is 39.4 Å². The predicted molar refractivity (Wildman–Crippen MR) is 78.1 cm³/mol. The van der Waals surface area contributed by atoms with Gasteiger partial charge in [-0.1, -0.05) is 23.2 Å². The van der Waals surface area contributed by atoms with Crippen LogP contribution < -0.4 is 10.6 Å². The van der Waals surface area contributed by atoms with Crippen molar-refractivity contribution in [3.8, 4) is 0 Å². The number of anilines is 2. The van der Waals surface area contributed by atoms with Crippen LogP contribution in [-0.4, -0.2) is 27.1 Å². The average Bonchev–Trinajstić information content (AvgIpc) is 2.43. The third kappa shape index (κ3) is 3.80. The number of hydrogen-bond donors (Lipinski definition) is 3. The van der Waals surface area contributed by atoms with Crippen LogP contribution in [0.25, 0.3) is 0 Å². The number of halogens is 2. The Kier molecular flexibility index (Phi) is 4.56. The predicted octanol–water partition coefficient (Wildman–Crippen LogP) is 3.13. The minimum atomic E-state index is -1.17. The summed E-state index contributed by atoms with van der Waals surface area (Å²) in [7, 11) is 0. The van der Waals surface area contributed by atoms with E-state index in [0.29, 0.717) is 5.69 Å². The summed E-state index contributed by atoms with van der Waals surface area (Å²) in [5.74, 6) is -1.17. The molecule has 0 aliphatic heterocycles. The topological polar surface area (TPSA) is 104 Å². The molecule has 7 nitrogen and oxygen atoms in total. The van der Waals surface area contributed by atoms with E-state index >= 15 is 0 Å². The van der Waals surface area contributed by atoms with Crippen molar-refractivity contribution in [1.82, 2.24) is 9.97 Å². The van der Waals surface area contributed by atoms with Crippen molar-refractivity contribution in [1.29, 1.82) is 0 Å². The van der Waals surface area contributed by atoms with Gasteiger partial charge in [-0.2, -0.15) is 0 Å². The Morgan fingerprint density at radius 1 is 1.05 bits per heavy atom. The zero-order valence-electron chi connectivity index (χ0n) is 10.3. The Bertz CT molecular complexity index is 671. The molecule has 2 amide bonds. The molecule has 0 aliphatic carbocycles. The van der Waals surface area contributed by atoms with E-state index < -0.39 is 12.0 Å². The van der Waals surface area contributed by atoms with Gasteiger partial charge in [0.25, 0.3) is 0 Å². The summed E-state index contributed by atoms with van der Waals surface area (Å²) in [5.41, 5.74) is 0.412. The van der Waals surface area contributed by atoms with Crippen LogP contribution in [-0.2, 0) is 0 Å². The monoisotopic (exact) mass is 326 g/mol. The molecule has 0 aliphatic rings. The van der Waals surface area contributed by atoms with Crippen molar-refractivity contribution < 1.29 is 14.7 Å². The zero-order valence-corrected chi connectivity index (χ0v) is 11.8. The van der Waals surface area contributed by atoms with E-state index in [0.717, 1.165) is 0 Å². The standard InChI is InChI=1S/C12H8Cl2N4O3/c13-8-1-6(11(19)20)2-9(14)10(8)18-12(21)17-7-3-15-5-16-4-7/h1-5H,(H,19,20)(H2,17,18,21). The Balaban J connectivity index is 2.16. The van der Waals surface area contributed by atoms with E-state index in [1.165, 1.54) is 30.9 Å². The van der Waals surface area contributed by atoms with Crippen LogP contribution in [0.1, 0.15) is 10.4 Å². The molecule has 0 fully saturated rings. The summed E-state index contributed by atoms with van der Waals surface area (Å²) in [6.07, 6.45) is 4.13. The molecule has 3 N–H and O–H groups in total. The second-order valence-electron chi connectivity index (χ2n) is 3.83. The Labute approximate surface area is 128 Å². The maximum absolute atomic E-state index is 11.8. The molecule has 1 aromatic heterocycles. The highest BCUT2D eigenvalue weighted by molar-refractivity contribution is 6.40. The number of aromatic carboxylic acids is 1. The number of benzene rings is 1. The zero-order chi connectivity index (χ0) is 15.4. The lowest BCUT2D eigenvalue weighted by molar-refractivity contribution is 0.0697. The molecule has 0 atom stereocenters. The van der Waals surface area contributed by atoms with Crippen molar-refractivity contribution in [2.45, 2.75) is 0 Å². The Morgan fingerprint density at radius 3 is 2.14 bits per heavy atom. The number of nitrogens with zero attached hydrogens (tertiary/aromatic N) is 2. The first-order valence-corrected chi connectivity index (χ1v) is 6.28. The van der Waals surface area contributed by atoms with Crippen LogP contribution in [0.5, 0.6) is 0 Å². The molecule has 1 aromatic carbocycles. The molecular weight excluding hydrogens is 319 g/mol. The molecule has 0 bridgehead atoms. The van der Waals surface area contributed by atoms with Crippen molar-refractivity contribution in [3.05, 3.63) is 46.5 Å². The van der Waals surface area contributed by atoms with Gasteiger partial charge < -0.3 is 15.7 Å². The third-order valence-corrected chi connectivity index (χ3v) is 2.94. The summed E-state index contributed by atoms with van der Waals surface area (Å²) in [6, 6.07) is 1.77. The molecular formula is C12H8Cl2N4O3.